The number of rotatable bonds is 2. The van der Waals surface area contributed by atoms with E-state index in [4.69, 9.17) is 0 Å². The maximum atomic E-state index is 12.6. The highest BCUT2D eigenvalue weighted by atomic mass is 16.2. The van der Waals surface area contributed by atoms with E-state index in [1.54, 1.807) is 11.9 Å². The summed E-state index contributed by atoms with van der Waals surface area (Å²) in [5.74, 6) is 0.168. The van der Waals surface area contributed by atoms with Crippen LogP contribution in [0.2, 0.25) is 0 Å². The molecule has 104 valence electrons. The van der Waals surface area contributed by atoms with Crippen molar-refractivity contribution in [2.75, 3.05) is 13.6 Å². The number of likely N-dealkylation sites (tertiary alicyclic amines) is 1. The summed E-state index contributed by atoms with van der Waals surface area (Å²) in [6.07, 6.45) is 3.81. The molecule has 5 heteroatoms. The van der Waals surface area contributed by atoms with Gasteiger partial charge in [0.2, 0.25) is 11.8 Å². The van der Waals surface area contributed by atoms with Crippen LogP contribution in [0.25, 0.3) is 0 Å². The quantitative estimate of drug-likeness (QED) is 0.809. The molecule has 0 spiro atoms. The van der Waals surface area contributed by atoms with Crippen LogP contribution in [0.3, 0.4) is 0 Å². The van der Waals surface area contributed by atoms with Gasteiger partial charge in [0.25, 0.3) is 0 Å². The highest BCUT2D eigenvalue weighted by Crippen LogP contribution is 2.47. The summed E-state index contributed by atoms with van der Waals surface area (Å²) in [5, 5.41) is 12.0. The lowest BCUT2D eigenvalue weighted by atomic mass is 9.62. The second-order valence-corrected chi connectivity index (χ2v) is 5.83. The molecule has 1 aliphatic heterocycles. The predicted octanol–water partition coefficient (Wildman–Crippen LogP) is 1.05. The van der Waals surface area contributed by atoms with Crippen molar-refractivity contribution in [3.63, 3.8) is 0 Å². The molecule has 19 heavy (non-hydrogen) atoms. The molecule has 1 heterocycles. The Hall–Kier alpha value is -1.57. The zero-order valence-electron chi connectivity index (χ0n) is 11.6. The molecule has 1 atom stereocenters. The minimum atomic E-state index is -0.872. The second kappa shape index (κ2) is 5.20. The van der Waals surface area contributed by atoms with Crippen LogP contribution in [-0.2, 0) is 9.59 Å². The fraction of sp³-hybridized carbons (Fsp3) is 0.786. The Morgan fingerprint density at radius 2 is 2.05 bits per heavy atom. The van der Waals surface area contributed by atoms with Gasteiger partial charge in [0.15, 0.2) is 0 Å². The van der Waals surface area contributed by atoms with E-state index in [0.29, 0.717) is 31.7 Å². The number of likely N-dealkylation sites (N-methyl/N-ethyl adjacent to an activating group) is 1. The van der Waals surface area contributed by atoms with E-state index in [0.717, 1.165) is 12.8 Å². The molecule has 0 aromatic heterocycles. The highest BCUT2D eigenvalue weighted by Gasteiger charge is 2.52. The third kappa shape index (κ3) is 2.32. The van der Waals surface area contributed by atoms with Gasteiger partial charge in [-0.1, -0.05) is 6.92 Å². The number of amides is 2. The third-order valence-electron chi connectivity index (χ3n) is 4.33. The Balaban J connectivity index is 2.16. The molecule has 1 saturated heterocycles. The molecule has 1 saturated carbocycles. The van der Waals surface area contributed by atoms with Gasteiger partial charge in [0.05, 0.1) is 6.07 Å². The van der Waals surface area contributed by atoms with E-state index >= 15 is 0 Å². The average Bonchev–Trinajstić information content (AvgIpc) is 2.42. The smallest absolute Gasteiger partial charge is 0.243 e. The summed E-state index contributed by atoms with van der Waals surface area (Å²) < 4.78 is 0. The molecule has 1 N–H and O–H groups in total. The molecule has 2 aliphatic rings. The Kier molecular flexibility index (Phi) is 3.79. The predicted molar refractivity (Wildman–Crippen MR) is 69.9 cm³/mol. The molecule has 1 unspecified atom stereocenters. The van der Waals surface area contributed by atoms with E-state index in [2.05, 4.69) is 18.3 Å². The van der Waals surface area contributed by atoms with Crippen LogP contribution in [0.1, 0.15) is 39.0 Å². The summed E-state index contributed by atoms with van der Waals surface area (Å²) >= 11 is 0. The molecule has 2 amide bonds. The van der Waals surface area contributed by atoms with Gasteiger partial charge >= 0.3 is 0 Å². The summed E-state index contributed by atoms with van der Waals surface area (Å²) in [4.78, 5) is 26.1. The normalized spacial score (nSPS) is 34.1. The van der Waals surface area contributed by atoms with Crippen LogP contribution >= 0.6 is 0 Å². The molecule has 0 bridgehead atoms. The van der Waals surface area contributed by atoms with Gasteiger partial charge in [-0.2, -0.15) is 5.26 Å². The van der Waals surface area contributed by atoms with Gasteiger partial charge in [-0.25, -0.2) is 0 Å². The largest absolute Gasteiger partial charge is 0.357 e. The van der Waals surface area contributed by atoms with E-state index in [1.807, 2.05) is 0 Å². The zero-order valence-corrected chi connectivity index (χ0v) is 11.6. The maximum Gasteiger partial charge on any atom is 0.243 e. The van der Waals surface area contributed by atoms with Crippen LogP contribution in [0.4, 0.5) is 0 Å². The number of nitriles is 1. The number of carbonyl (C=O) groups excluding carboxylic acids is 2. The Labute approximate surface area is 113 Å². The van der Waals surface area contributed by atoms with Crippen LogP contribution in [0.5, 0.6) is 0 Å². The van der Waals surface area contributed by atoms with Gasteiger partial charge in [0.1, 0.15) is 11.5 Å². The molecule has 1 aliphatic carbocycles. The number of piperidine rings is 1. The van der Waals surface area contributed by atoms with Crippen molar-refractivity contribution < 1.29 is 9.59 Å². The van der Waals surface area contributed by atoms with Crippen LogP contribution in [0, 0.1) is 22.7 Å². The first-order valence-corrected chi connectivity index (χ1v) is 6.98. The number of carbonyl (C=O) groups is 2. The van der Waals surface area contributed by atoms with E-state index in [9.17, 15) is 14.9 Å². The van der Waals surface area contributed by atoms with Gasteiger partial charge in [-0.15, -0.1) is 0 Å². The number of hydrogen-bond acceptors (Lipinski definition) is 3. The fourth-order valence-electron chi connectivity index (χ4n) is 3.33. The maximum absolute atomic E-state index is 12.6. The molecule has 2 fully saturated rings. The van der Waals surface area contributed by atoms with E-state index < -0.39 is 11.5 Å². The number of nitrogens with zero attached hydrogens (tertiary/aromatic N) is 2. The molecular formula is C14H21N3O2. The van der Waals surface area contributed by atoms with E-state index in [1.165, 1.54) is 0 Å². The van der Waals surface area contributed by atoms with Crippen LogP contribution < -0.4 is 5.32 Å². The monoisotopic (exact) mass is 263 g/mol. The van der Waals surface area contributed by atoms with Gasteiger partial charge in [-0.05, 0) is 38.0 Å². The van der Waals surface area contributed by atoms with Gasteiger partial charge in [-0.3, -0.25) is 9.59 Å². The highest BCUT2D eigenvalue weighted by molar-refractivity contribution is 5.92. The SMILES string of the molecule is CNC(=O)C1CCCCN1C(=O)C1(C#N)CC(C)C1. The minimum Gasteiger partial charge on any atom is -0.357 e. The van der Waals surface area contributed by atoms with Gasteiger partial charge in [0, 0.05) is 13.6 Å². The third-order valence-corrected chi connectivity index (χ3v) is 4.33. The number of nitrogens with one attached hydrogen (secondary N) is 1. The zero-order chi connectivity index (χ0) is 14.0. The molecule has 2 rings (SSSR count). The Bertz CT molecular complexity index is 421. The lowest BCUT2D eigenvalue weighted by molar-refractivity contribution is -0.153. The van der Waals surface area contributed by atoms with Crippen molar-refractivity contribution in [1.82, 2.24) is 10.2 Å². The topological polar surface area (TPSA) is 73.2 Å². The summed E-state index contributed by atoms with van der Waals surface area (Å²) in [6.45, 7) is 2.64. The summed E-state index contributed by atoms with van der Waals surface area (Å²) in [7, 11) is 1.59. The van der Waals surface area contributed by atoms with Crippen molar-refractivity contribution >= 4 is 11.8 Å². The second-order valence-electron chi connectivity index (χ2n) is 5.83. The Morgan fingerprint density at radius 1 is 1.37 bits per heavy atom. The first kappa shape index (κ1) is 13.9. The van der Waals surface area contributed by atoms with Crippen molar-refractivity contribution in [3.05, 3.63) is 0 Å². The van der Waals surface area contributed by atoms with Crippen LogP contribution in [0.15, 0.2) is 0 Å². The van der Waals surface area contributed by atoms with E-state index in [-0.39, 0.29) is 11.8 Å². The van der Waals surface area contributed by atoms with Crippen molar-refractivity contribution in [3.8, 4) is 6.07 Å². The molecule has 0 aromatic rings. The first-order valence-electron chi connectivity index (χ1n) is 6.98. The van der Waals surface area contributed by atoms with Gasteiger partial charge < -0.3 is 10.2 Å². The average molecular weight is 263 g/mol. The van der Waals surface area contributed by atoms with Crippen molar-refractivity contribution in [2.24, 2.45) is 11.3 Å². The minimum absolute atomic E-state index is 0.117. The molecule has 5 nitrogen and oxygen atoms in total. The van der Waals surface area contributed by atoms with Crippen LogP contribution in [-0.4, -0.2) is 36.3 Å². The fourth-order valence-corrected chi connectivity index (χ4v) is 3.33. The Morgan fingerprint density at radius 3 is 2.58 bits per heavy atom. The molecule has 0 radical (unpaired) electrons. The molecular weight excluding hydrogens is 242 g/mol. The molecule has 0 aromatic carbocycles. The van der Waals surface area contributed by atoms with Crippen molar-refractivity contribution in [1.29, 1.82) is 5.26 Å². The summed E-state index contributed by atoms with van der Waals surface area (Å²) in [5.41, 5.74) is -0.872. The standard InChI is InChI=1S/C14H21N3O2/c1-10-7-14(8-10,9-15)13(19)17-6-4-3-5-11(17)12(18)16-2/h10-11H,3-8H2,1-2H3,(H,16,18). The summed E-state index contributed by atoms with van der Waals surface area (Å²) in [6, 6.07) is 1.80. The van der Waals surface area contributed by atoms with Crippen molar-refractivity contribution in [2.45, 2.75) is 45.1 Å². The first-order chi connectivity index (χ1) is 9.04. The lowest BCUT2D eigenvalue weighted by Gasteiger charge is -2.45. The lowest BCUT2D eigenvalue weighted by Crippen LogP contribution is -2.58. The number of hydrogen-bond donors (Lipinski definition) is 1.